The summed E-state index contributed by atoms with van der Waals surface area (Å²) in [6, 6.07) is 0. The number of esters is 1. The molecule has 1 heterocycles. The first-order chi connectivity index (χ1) is 5.93. The lowest BCUT2D eigenvalue weighted by Gasteiger charge is -2.21. The van der Waals surface area contributed by atoms with Gasteiger partial charge in [-0.2, -0.15) is 0 Å². The fourth-order valence-corrected chi connectivity index (χ4v) is 1.54. The van der Waals surface area contributed by atoms with Crippen LogP contribution in [0.5, 0.6) is 0 Å². The van der Waals surface area contributed by atoms with E-state index in [1.165, 1.54) is 0 Å². The smallest absolute Gasteiger partial charge is 0.334 e. The summed E-state index contributed by atoms with van der Waals surface area (Å²) in [6.45, 7) is 8.14. The lowest BCUT2D eigenvalue weighted by atomic mass is 9.95. The first-order valence-corrected chi connectivity index (χ1v) is 4.86. The molecule has 0 aliphatic carbocycles. The minimum Gasteiger partial charge on any atom is -0.452 e. The van der Waals surface area contributed by atoms with E-state index in [-0.39, 0.29) is 11.6 Å². The second kappa shape index (κ2) is 3.52. The predicted molar refractivity (Wildman–Crippen MR) is 52.3 cm³/mol. The standard InChI is InChI=1S/C11H18O2/c1-8(2)5-6-11(4)7-9(3)10(12)13-11/h7-8H,5-6H2,1-4H3. The van der Waals surface area contributed by atoms with Crippen molar-refractivity contribution in [1.82, 2.24) is 0 Å². The van der Waals surface area contributed by atoms with Gasteiger partial charge in [-0.15, -0.1) is 0 Å². The van der Waals surface area contributed by atoms with Crippen molar-refractivity contribution in [2.24, 2.45) is 5.92 Å². The van der Waals surface area contributed by atoms with Gasteiger partial charge in [0.1, 0.15) is 5.60 Å². The highest BCUT2D eigenvalue weighted by Crippen LogP contribution is 2.29. The van der Waals surface area contributed by atoms with Gasteiger partial charge in [-0.05, 0) is 38.7 Å². The number of hydrogen-bond acceptors (Lipinski definition) is 2. The number of carbonyl (C=O) groups excluding carboxylic acids is 1. The van der Waals surface area contributed by atoms with Crippen LogP contribution in [-0.2, 0) is 9.53 Å². The van der Waals surface area contributed by atoms with Crippen molar-refractivity contribution < 1.29 is 9.53 Å². The average Bonchev–Trinajstić information content (AvgIpc) is 2.24. The van der Waals surface area contributed by atoms with E-state index in [4.69, 9.17) is 4.74 Å². The molecule has 0 saturated carbocycles. The van der Waals surface area contributed by atoms with Crippen LogP contribution in [0, 0.1) is 5.92 Å². The predicted octanol–water partition coefficient (Wildman–Crippen LogP) is 2.68. The van der Waals surface area contributed by atoms with Crippen molar-refractivity contribution >= 4 is 5.97 Å². The molecule has 1 aliphatic rings. The fraction of sp³-hybridized carbons (Fsp3) is 0.727. The Morgan fingerprint density at radius 1 is 1.54 bits per heavy atom. The minimum absolute atomic E-state index is 0.161. The first kappa shape index (κ1) is 10.3. The molecule has 0 aromatic carbocycles. The molecule has 2 nitrogen and oxygen atoms in total. The molecule has 0 aromatic rings. The third kappa shape index (κ3) is 2.58. The summed E-state index contributed by atoms with van der Waals surface area (Å²) in [4.78, 5) is 11.1. The zero-order valence-electron chi connectivity index (χ0n) is 8.89. The summed E-state index contributed by atoms with van der Waals surface area (Å²) in [6.07, 6.45) is 3.96. The van der Waals surface area contributed by atoms with E-state index in [2.05, 4.69) is 13.8 Å². The molecule has 0 N–H and O–H groups in total. The van der Waals surface area contributed by atoms with Crippen LogP contribution in [0.3, 0.4) is 0 Å². The summed E-state index contributed by atoms with van der Waals surface area (Å²) in [5.41, 5.74) is 0.400. The number of cyclic esters (lactones) is 1. The van der Waals surface area contributed by atoms with Crippen LogP contribution >= 0.6 is 0 Å². The van der Waals surface area contributed by atoms with Crippen LogP contribution < -0.4 is 0 Å². The van der Waals surface area contributed by atoms with Gasteiger partial charge >= 0.3 is 5.97 Å². The van der Waals surface area contributed by atoms with Crippen LogP contribution in [0.25, 0.3) is 0 Å². The lowest BCUT2D eigenvalue weighted by molar-refractivity contribution is -0.145. The van der Waals surface area contributed by atoms with Crippen molar-refractivity contribution in [3.63, 3.8) is 0 Å². The van der Waals surface area contributed by atoms with E-state index in [1.54, 1.807) is 0 Å². The maximum absolute atomic E-state index is 11.1. The number of hydrogen-bond donors (Lipinski definition) is 0. The normalized spacial score (nSPS) is 27.8. The Kier molecular flexibility index (Phi) is 2.79. The molecule has 1 atom stereocenters. The van der Waals surface area contributed by atoms with Gasteiger partial charge in [-0.1, -0.05) is 13.8 Å². The Bertz CT molecular complexity index is 240. The molecule has 0 spiro atoms. The van der Waals surface area contributed by atoms with Gasteiger partial charge in [-0.25, -0.2) is 4.79 Å². The Labute approximate surface area is 80.0 Å². The van der Waals surface area contributed by atoms with Gasteiger partial charge in [-0.3, -0.25) is 0 Å². The van der Waals surface area contributed by atoms with Crippen LogP contribution in [0.15, 0.2) is 11.6 Å². The van der Waals surface area contributed by atoms with Crippen LogP contribution in [0.2, 0.25) is 0 Å². The van der Waals surface area contributed by atoms with Gasteiger partial charge in [0.25, 0.3) is 0 Å². The van der Waals surface area contributed by atoms with Crippen molar-refractivity contribution in [3.8, 4) is 0 Å². The first-order valence-electron chi connectivity index (χ1n) is 4.86. The van der Waals surface area contributed by atoms with E-state index in [0.717, 1.165) is 18.4 Å². The molecule has 1 unspecified atom stereocenters. The van der Waals surface area contributed by atoms with E-state index < -0.39 is 0 Å². The highest BCUT2D eigenvalue weighted by atomic mass is 16.6. The summed E-state index contributed by atoms with van der Waals surface area (Å²) in [7, 11) is 0. The van der Waals surface area contributed by atoms with E-state index in [9.17, 15) is 4.79 Å². The van der Waals surface area contributed by atoms with E-state index >= 15 is 0 Å². The molecular formula is C11H18O2. The highest BCUT2D eigenvalue weighted by molar-refractivity contribution is 5.90. The topological polar surface area (TPSA) is 26.3 Å². The SMILES string of the molecule is CC1=CC(C)(CCC(C)C)OC1=O. The van der Waals surface area contributed by atoms with Gasteiger partial charge < -0.3 is 4.74 Å². The maximum atomic E-state index is 11.1. The van der Waals surface area contributed by atoms with Gasteiger partial charge in [0.15, 0.2) is 0 Å². The monoisotopic (exact) mass is 182 g/mol. The van der Waals surface area contributed by atoms with Gasteiger partial charge in [0, 0.05) is 5.57 Å². The molecule has 0 bridgehead atoms. The maximum Gasteiger partial charge on any atom is 0.334 e. The highest BCUT2D eigenvalue weighted by Gasteiger charge is 2.33. The third-order valence-corrected chi connectivity index (χ3v) is 2.39. The summed E-state index contributed by atoms with van der Waals surface area (Å²) < 4.78 is 5.28. The van der Waals surface area contributed by atoms with Crippen molar-refractivity contribution in [2.45, 2.75) is 46.1 Å². The summed E-state index contributed by atoms with van der Waals surface area (Å²) in [5.74, 6) is 0.496. The van der Waals surface area contributed by atoms with Crippen molar-refractivity contribution in [2.75, 3.05) is 0 Å². The Balaban J connectivity index is 2.55. The number of ether oxygens (including phenoxy) is 1. The molecule has 1 aliphatic heterocycles. The average molecular weight is 182 g/mol. The minimum atomic E-state index is -0.342. The Hall–Kier alpha value is -0.790. The Morgan fingerprint density at radius 3 is 2.54 bits per heavy atom. The van der Waals surface area contributed by atoms with Crippen molar-refractivity contribution in [1.29, 1.82) is 0 Å². The van der Waals surface area contributed by atoms with Gasteiger partial charge in [0.2, 0.25) is 0 Å². The Morgan fingerprint density at radius 2 is 2.15 bits per heavy atom. The van der Waals surface area contributed by atoms with E-state index in [0.29, 0.717) is 5.92 Å². The molecule has 0 saturated heterocycles. The quantitative estimate of drug-likeness (QED) is 0.627. The van der Waals surface area contributed by atoms with Crippen LogP contribution in [0.4, 0.5) is 0 Å². The summed E-state index contributed by atoms with van der Waals surface area (Å²) in [5, 5.41) is 0. The largest absolute Gasteiger partial charge is 0.452 e. The number of rotatable bonds is 3. The zero-order chi connectivity index (χ0) is 10.1. The second-order valence-electron chi connectivity index (χ2n) is 4.46. The second-order valence-corrected chi connectivity index (χ2v) is 4.46. The molecule has 2 heteroatoms. The van der Waals surface area contributed by atoms with E-state index in [1.807, 2.05) is 19.9 Å². The fourth-order valence-electron chi connectivity index (χ4n) is 1.54. The number of carbonyl (C=O) groups is 1. The van der Waals surface area contributed by atoms with Crippen LogP contribution in [0.1, 0.15) is 40.5 Å². The van der Waals surface area contributed by atoms with Crippen molar-refractivity contribution in [3.05, 3.63) is 11.6 Å². The van der Waals surface area contributed by atoms with Gasteiger partial charge in [0.05, 0.1) is 0 Å². The molecule has 0 radical (unpaired) electrons. The molecular weight excluding hydrogens is 164 g/mol. The summed E-state index contributed by atoms with van der Waals surface area (Å²) >= 11 is 0. The third-order valence-electron chi connectivity index (χ3n) is 2.39. The molecule has 0 aromatic heterocycles. The molecule has 74 valence electrons. The van der Waals surface area contributed by atoms with Crippen LogP contribution in [-0.4, -0.2) is 11.6 Å². The molecule has 0 amide bonds. The molecule has 1 rings (SSSR count). The molecule has 13 heavy (non-hydrogen) atoms. The molecule has 0 fully saturated rings. The lowest BCUT2D eigenvalue weighted by Crippen LogP contribution is -2.24. The zero-order valence-corrected chi connectivity index (χ0v) is 8.89.